The third-order valence-corrected chi connectivity index (χ3v) is 2.21. The molecule has 1 rings (SSSR count). The first kappa shape index (κ1) is 15.1. The van der Waals surface area contributed by atoms with Gasteiger partial charge in [0.25, 0.3) is 0 Å². The van der Waals surface area contributed by atoms with Crippen LogP contribution in [-0.4, -0.2) is 22.8 Å². The van der Waals surface area contributed by atoms with Gasteiger partial charge in [0.15, 0.2) is 0 Å². The van der Waals surface area contributed by atoms with E-state index in [1.54, 1.807) is 36.6 Å². The fourth-order valence-electron chi connectivity index (χ4n) is 1.13. The second kappa shape index (κ2) is 6.83. The predicted octanol–water partition coefficient (Wildman–Crippen LogP) is 2.93. The van der Waals surface area contributed by atoms with Crippen LogP contribution in [0.25, 0.3) is 0 Å². The second-order valence-corrected chi connectivity index (χ2v) is 5.81. The fourth-order valence-corrected chi connectivity index (χ4v) is 1.30. The van der Waals surface area contributed by atoms with E-state index in [9.17, 15) is 9.59 Å². The highest BCUT2D eigenvalue weighted by molar-refractivity contribution is 6.67. The van der Waals surface area contributed by atoms with Gasteiger partial charge in [-0.3, -0.25) is 4.79 Å². The number of alkyl carbamates (subject to hydrolysis) is 1. The van der Waals surface area contributed by atoms with Gasteiger partial charge in [-0.2, -0.15) is 0 Å². The van der Waals surface area contributed by atoms with Gasteiger partial charge in [-0.05, 0) is 5.56 Å². The van der Waals surface area contributed by atoms with Crippen molar-refractivity contribution in [2.45, 2.75) is 9.83 Å². The molecule has 0 saturated heterocycles. The maximum absolute atomic E-state index is 11.3. The van der Waals surface area contributed by atoms with Crippen molar-refractivity contribution in [2.75, 3.05) is 6.61 Å². The molecule has 0 saturated carbocycles. The maximum Gasteiger partial charge on any atom is 0.408 e. The molecule has 1 N–H and O–H groups in total. The minimum absolute atomic E-state index is 0.413. The molecule has 0 bridgehead atoms. The van der Waals surface area contributed by atoms with Gasteiger partial charge in [-0.25, -0.2) is 4.79 Å². The quantitative estimate of drug-likeness (QED) is 0.870. The van der Waals surface area contributed by atoms with Crippen LogP contribution in [0.3, 0.4) is 0 Å². The molecule has 0 aromatic heterocycles. The third-order valence-electron chi connectivity index (χ3n) is 1.88. The molecule has 1 aromatic carbocycles. The zero-order chi connectivity index (χ0) is 13.6. The van der Waals surface area contributed by atoms with Gasteiger partial charge in [0.1, 0.15) is 12.6 Å². The summed E-state index contributed by atoms with van der Waals surface area (Å²) in [5.41, 5.74) is 0.582. The van der Waals surface area contributed by atoms with Gasteiger partial charge < -0.3 is 10.1 Å². The molecule has 1 radical (unpaired) electrons. The third kappa shape index (κ3) is 5.58. The van der Waals surface area contributed by atoms with Crippen molar-refractivity contribution in [1.82, 2.24) is 5.32 Å². The van der Waals surface area contributed by atoms with E-state index in [1.807, 2.05) is 0 Å². The molecule has 97 valence electrons. The van der Waals surface area contributed by atoms with E-state index in [0.717, 1.165) is 0 Å². The van der Waals surface area contributed by atoms with Crippen molar-refractivity contribution in [1.29, 1.82) is 0 Å². The Morgan fingerprint density at radius 1 is 1.33 bits per heavy atom. The van der Waals surface area contributed by atoms with Crippen LogP contribution in [0.5, 0.6) is 0 Å². The molecule has 0 aliphatic heterocycles. The Hall–Kier alpha value is -0.970. The van der Waals surface area contributed by atoms with Crippen molar-refractivity contribution >= 4 is 47.2 Å². The van der Waals surface area contributed by atoms with Gasteiger partial charge in [0, 0.05) is 0 Å². The highest BCUT2D eigenvalue weighted by atomic mass is 35.6. The van der Waals surface area contributed by atoms with Gasteiger partial charge in [0.05, 0.1) is 0 Å². The molecule has 0 aliphatic carbocycles. The molecule has 1 unspecified atom stereocenters. The topological polar surface area (TPSA) is 55.4 Å². The van der Waals surface area contributed by atoms with E-state index in [2.05, 4.69) is 10.1 Å². The van der Waals surface area contributed by atoms with E-state index in [0.29, 0.717) is 5.56 Å². The number of carbonyl (C=O) groups is 1. The summed E-state index contributed by atoms with van der Waals surface area (Å²) in [6.07, 6.45) is 0.823. The molecule has 0 spiro atoms. The first-order valence-corrected chi connectivity index (χ1v) is 5.98. The largest absolute Gasteiger partial charge is 0.445 e. The highest BCUT2D eigenvalue weighted by Crippen LogP contribution is 2.25. The summed E-state index contributed by atoms with van der Waals surface area (Å²) in [5.74, 6) is 0. The first-order chi connectivity index (χ1) is 8.42. The normalized spacial score (nSPS) is 12.6. The monoisotopic (exact) mass is 308 g/mol. The van der Waals surface area contributed by atoms with Crippen LogP contribution in [0, 0.1) is 0 Å². The van der Waals surface area contributed by atoms with Crippen molar-refractivity contribution in [3.63, 3.8) is 0 Å². The number of amides is 1. The Kier molecular flexibility index (Phi) is 5.72. The van der Waals surface area contributed by atoms with Gasteiger partial charge in [-0.15, -0.1) is 0 Å². The van der Waals surface area contributed by atoms with Crippen LogP contribution < -0.4 is 5.32 Å². The molecule has 18 heavy (non-hydrogen) atoms. The van der Waals surface area contributed by atoms with E-state index < -0.39 is 22.5 Å². The lowest BCUT2D eigenvalue weighted by atomic mass is 10.1. The van der Waals surface area contributed by atoms with Crippen LogP contribution in [0.1, 0.15) is 11.6 Å². The number of ether oxygens (including phenoxy) is 1. The Bertz CT molecular complexity index is 406. The summed E-state index contributed by atoms with van der Waals surface area (Å²) in [6.45, 7) is -0.413. The molecule has 0 heterocycles. The summed E-state index contributed by atoms with van der Waals surface area (Å²) in [5, 5.41) is 2.29. The minimum atomic E-state index is -1.69. The van der Waals surface area contributed by atoms with Gasteiger partial charge in [0.2, 0.25) is 10.1 Å². The van der Waals surface area contributed by atoms with Crippen LogP contribution in [0.15, 0.2) is 30.3 Å². The maximum atomic E-state index is 11.3. The smallest absolute Gasteiger partial charge is 0.408 e. The Morgan fingerprint density at radius 2 is 1.94 bits per heavy atom. The molecule has 4 nitrogen and oxygen atoms in total. The van der Waals surface area contributed by atoms with E-state index in [4.69, 9.17) is 34.8 Å². The Labute approximate surface area is 119 Å². The molecular formula is C11H9Cl3NO3. The molecule has 7 heteroatoms. The number of halogens is 3. The summed E-state index contributed by atoms with van der Waals surface area (Å²) in [7, 11) is 0. The summed E-state index contributed by atoms with van der Waals surface area (Å²) >= 11 is 16.2. The average molecular weight is 310 g/mol. The van der Waals surface area contributed by atoms with Crippen molar-refractivity contribution in [2.24, 2.45) is 0 Å². The molecule has 1 aromatic rings. The Morgan fingerprint density at radius 3 is 2.44 bits per heavy atom. The van der Waals surface area contributed by atoms with E-state index in [1.165, 1.54) is 0 Å². The fraction of sp³-hybridized carbons (Fsp3) is 0.273. The number of hydrogen-bond acceptors (Lipinski definition) is 3. The second-order valence-electron chi connectivity index (χ2n) is 3.30. The SMILES string of the molecule is O=[C]C(NC(=O)OCC(Cl)(Cl)Cl)c1ccccc1. The molecule has 1 amide bonds. The van der Waals surface area contributed by atoms with Crippen molar-refractivity contribution in [3.8, 4) is 0 Å². The molecule has 0 aliphatic rings. The lowest BCUT2D eigenvalue weighted by molar-refractivity contribution is 0.146. The van der Waals surface area contributed by atoms with Crippen LogP contribution in [0.2, 0.25) is 0 Å². The van der Waals surface area contributed by atoms with Gasteiger partial charge in [-0.1, -0.05) is 65.1 Å². The van der Waals surface area contributed by atoms with E-state index >= 15 is 0 Å². The predicted molar refractivity (Wildman–Crippen MR) is 69.7 cm³/mol. The summed E-state index contributed by atoms with van der Waals surface area (Å²) in [6, 6.07) is 7.67. The zero-order valence-electron chi connectivity index (χ0n) is 9.03. The molecular weight excluding hydrogens is 300 g/mol. The lowest BCUT2D eigenvalue weighted by Gasteiger charge is -2.15. The summed E-state index contributed by atoms with van der Waals surface area (Å²) in [4.78, 5) is 22.1. The Balaban J connectivity index is 2.54. The number of benzene rings is 1. The molecule has 1 atom stereocenters. The molecule has 0 fully saturated rings. The summed E-state index contributed by atoms with van der Waals surface area (Å²) < 4.78 is 2.95. The average Bonchev–Trinajstić information content (AvgIpc) is 2.33. The van der Waals surface area contributed by atoms with E-state index in [-0.39, 0.29) is 0 Å². The highest BCUT2D eigenvalue weighted by Gasteiger charge is 2.23. The van der Waals surface area contributed by atoms with Crippen LogP contribution in [-0.2, 0) is 9.53 Å². The number of nitrogens with one attached hydrogen (secondary N) is 1. The first-order valence-electron chi connectivity index (χ1n) is 4.85. The zero-order valence-corrected chi connectivity index (χ0v) is 11.3. The lowest BCUT2D eigenvalue weighted by Crippen LogP contribution is -2.32. The standard InChI is InChI=1S/C11H9Cl3NO3/c12-11(13,14)7-18-10(17)15-9(6-16)8-4-2-1-3-5-8/h1-5,9H,7H2,(H,15,17). The number of hydrogen-bond donors (Lipinski definition) is 1. The minimum Gasteiger partial charge on any atom is -0.445 e. The number of rotatable bonds is 4. The van der Waals surface area contributed by atoms with Crippen LogP contribution in [0.4, 0.5) is 4.79 Å². The van der Waals surface area contributed by atoms with Crippen molar-refractivity contribution < 1.29 is 14.3 Å². The van der Waals surface area contributed by atoms with Gasteiger partial charge >= 0.3 is 6.09 Å². The van der Waals surface area contributed by atoms with Crippen LogP contribution >= 0.6 is 34.8 Å². The number of carbonyl (C=O) groups excluding carboxylic acids is 2. The van der Waals surface area contributed by atoms with Crippen molar-refractivity contribution in [3.05, 3.63) is 35.9 Å². The number of alkyl halides is 3.